The first-order valence-electron chi connectivity index (χ1n) is 5.20. The van der Waals surface area contributed by atoms with E-state index in [2.05, 4.69) is 59.8 Å². The van der Waals surface area contributed by atoms with Gasteiger partial charge in [0.25, 0.3) is 0 Å². The number of nitrogens with one attached hydrogen (secondary N) is 1. The Balaban J connectivity index is 2.14. The fourth-order valence-corrected chi connectivity index (χ4v) is 3.35. The lowest BCUT2D eigenvalue weighted by molar-refractivity contribution is 0.618. The molecular weight excluding hydrogens is 476 g/mol. The Morgan fingerprint density at radius 3 is 2.67 bits per heavy atom. The van der Waals surface area contributed by atoms with Gasteiger partial charge >= 0.3 is 0 Å². The molecule has 0 aliphatic rings. The second-order valence-electron chi connectivity index (χ2n) is 3.69. The van der Waals surface area contributed by atoms with Crippen molar-refractivity contribution in [3.63, 3.8) is 0 Å². The van der Waals surface area contributed by atoms with E-state index >= 15 is 0 Å². The third-order valence-corrected chi connectivity index (χ3v) is 4.65. The van der Waals surface area contributed by atoms with Gasteiger partial charge in [-0.05, 0) is 84.3 Å². The second kappa shape index (κ2) is 6.34. The van der Waals surface area contributed by atoms with Gasteiger partial charge in [-0.3, -0.25) is 0 Å². The summed E-state index contributed by atoms with van der Waals surface area (Å²) in [4.78, 5) is 0. The average molecular weight is 485 g/mol. The Hall–Kier alpha value is -0.140. The molecule has 2 aromatic rings. The second-order valence-corrected chi connectivity index (χ2v) is 6.58. The highest BCUT2D eigenvalue weighted by atomic mass is 127. The van der Waals surface area contributed by atoms with Gasteiger partial charge < -0.3 is 5.32 Å². The molecule has 0 saturated heterocycles. The van der Waals surface area contributed by atoms with E-state index in [9.17, 15) is 4.39 Å². The zero-order chi connectivity index (χ0) is 13.1. The maximum Gasteiger partial charge on any atom is 0.137 e. The molecule has 0 amide bonds. The van der Waals surface area contributed by atoms with Gasteiger partial charge in [0.2, 0.25) is 0 Å². The van der Waals surface area contributed by atoms with Crippen molar-refractivity contribution < 1.29 is 4.39 Å². The molecule has 0 aliphatic heterocycles. The van der Waals surface area contributed by atoms with E-state index in [0.29, 0.717) is 11.0 Å². The number of benzene rings is 2. The number of hydrogen-bond acceptors (Lipinski definition) is 1. The van der Waals surface area contributed by atoms with E-state index in [1.807, 2.05) is 24.3 Å². The standard InChI is InChI=1S/C13H9Br2FIN/c14-10-6-9(17)4-5-12(10)18-7-8-2-1-3-11(16)13(8)15/h1-6,18H,7H2. The molecule has 18 heavy (non-hydrogen) atoms. The minimum atomic E-state index is -0.240. The van der Waals surface area contributed by atoms with E-state index in [1.165, 1.54) is 6.07 Å². The normalized spacial score (nSPS) is 10.4. The van der Waals surface area contributed by atoms with Crippen LogP contribution in [0.15, 0.2) is 45.3 Å². The number of hydrogen-bond donors (Lipinski definition) is 1. The van der Waals surface area contributed by atoms with E-state index in [-0.39, 0.29) is 5.82 Å². The predicted molar refractivity (Wildman–Crippen MR) is 88.3 cm³/mol. The van der Waals surface area contributed by atoms with Crippen molar-refractivity contribution in [1.29, 1.82) is 0 Å². The Morgan fingerprint density at radius 1 is 1.17 bits per heavy atom. The van der Waals surface area contributed by atoms with Crippen molar-refractivity contribution in [2.24, 2.45) is 0 Å². The SMILES string of the molecule is Fc1cccc(CNc2ccc(I)cc2Br)c1Br. The zero-order valence-electron chi connectivity index (χ0n) is 9.18. The minimum Gasteiger partial charge on any atom is -0.380 e. The van der Waals surface area contributed by atoms with Crippen molar-refractivity contribution in [2.45, 2.75) is 6.54 Å². The van der Waals surface area contributed by atoms with Gasteiger partial charge in [-0.15, -0.1) is 0 Å². The van der Waals surface area contributed by atoms with Crippen molar-refractivity contribution in [1.82, 2.24) is 0 Å². The van der Waals surface area contributed by atoms with Crippen molar-refractivity contribution in [3.05, 3.63) is 60.3 Å². The highest BCUT2D eigenvalue weighted by Gasteiger charge is 2.06. The first kappa shape index (κ1) is 14.3. The van der Waals surface area contributed by atoms with E-state index in [4.69, 9.17) is 0 Å². The van der Waals surface area contributed by atoms with Crippen LogP contribution in [0.1, 0.15) is 5.56 Å². The molecule has 0 aliphatic carbocycles. The summed E-state index contributed by atoms with van der Waals surface area (Å²) < 4.78 is 16.0. The topological polar surface area (TPSA) is 12.0 Å². The van der Waals surface area contributed by atoms with E-state index < -0.39 is 0 Å². The lowest BCUT2D eigenvalue weighted by Gasteiger charge is -2.10. The molecule has 0 bridgehead atoms. The summed E-state index contributed by atoms with van der Waals surface area (Å²) in [7, 11) is 0. The third-order valence-electron chi connectivity index (χ3n) is 2.43. The molecule has 0 saturated carbocycles. The van der Waals surface area contributed by atoms with Gasteiger partial charge in [-0.2, -0.15) is 0 Å². The van der Waals surface area contributed by atoms with Crippen LogP contribution in [0.25, 0.3) is 0 Å². The van der Waals surface area contributed by atoms with Gasteiger partial charge in [0.1, 0.15) is 5.82 Å². The van der Waals surface area contributed by atoms with Crippen molar-refractivity contribution >= 4 is 60.1 Å². The van der Waals surface area contributed by atoms with Crippen LogP contribution < -0.4 is 5.32 Å². The summed E-state index contributed by atoms with van der Waals surface area (Å²) in [5.74, 6) is -0.240. The van der Waals surface area contributed by atoms with Crippen LogP contribution in [0.5, 0.6) is 0 Å². The van der Waals surface area contributed by atoms with Gasteiger partial charge in [-0.1, -0.05) is 12.1 Å². The van der Waals surface area contributed by atoms with E-state index in [0.717, 1.165) is 19.3 Å². The summed E-state index contributed by atoms with van der Waals surface area (Å²) in [6.45, 7) is 0.567. The first-order chi connectivity index (χ1) is 8.58. The predicted octanol–water partition coefficient (Wildman–Crippen LogP) is 5.57. The minimum absolute atomic E-state index is 0.240. The van der Waals surface area contributed by atoms with Crippen LogP contribution in [0.3, 0.4) is 0 Å². The maximum absolute atomic E-state index is 13.4. The Bertz CT molecular complexity index is 575. The lowest BCUT2D eigenvalue weighted by atomic mass is 10.2. The molecule has 2 aromatic carbocycles. The largest absolute Gasteiger partial charge is 0.380 e. The van der Waals surface area contributed by atoms with Gasteiger partial charge in [0.05, 0.1) is 4.47 Å². The number of anilines is 1. The van der Waals surface area contributed by atoms with Gasteiger partial charge in [-0.25, -0.2) is 4.39 Å². The summed E-state index contributed by atoms with van der Waals surface area (Å²) >= 11 is 9.01. The smallest absolute Gasteiger partial charge is 0.137 e. The highest BCUT2D eigenvalue weighted by Crippen LogP contribution is 2.26. The molecule has 0 unspecified atom stereocenters. The molecule has 0 radical (unpaired) electrons. The fraction of sp³-hybridized carbons (Fsp3) is 0.0769. The van der Waals surface area contributed by atoms with Crippen LogP contribution >= 0.6 is 54.5 Å². The molecule has 1 nitrogen and oxygen atoms in total. The molecule has 0 heterocycles. The van der Waals surface area contributed by atoms with Crippen LogP contribution in [-0.2, 0) is 6.54 Å². The molecule has 2 rings (SSSR count). The Labute approximate surface area is 136 Å². The maximum atomic E-state index is 13.4. The molecule has 0 aromatic heterocycles. The van der Waals surface area contributed by atoms with Crippen LogP contribution in [0.2, 0.25) is 0 Å². The van der Waals surface area contributed by atoms with E-state index in [1.54, 1.807) is 6.07 Å². The third kappa shape index (κ3) is 3.45. The van der Waals surface area contributed by atoms with Crippen LogP contribution in [0.4, 0.5) is 10.1 Å². The summed E-state index contributed by atoms with van der Waals surface area (Å²) in [6.07, 6.45) is 0. The monoisotopic (exact) mass is 483 g/mol. The quantitative estimate of drug-likeness (QED) is 0.562. The Morgan fingerprint density at radius 2 is 1.94 bits per heavy atom. The lowest BCUT2D eigenvalue weighted by Crippen LogP contribution is -2.01. The molecule has 0 fully saturated rings. The summed E-state index contributed by atoms with van der Waals surface area (Å²) in [6, 6.07) is 11.1. The average Bonchev–Trinajstić information content (AvgIpc) is 2.33. The van der Waals surface area contributed by atoms with Gasteiger partial charge in [0, 0.05) is 20.3 Å². The van der Waals surface area contributed by atoms with Crippen molar-refractivity contribution in [3.8, 4) is 0 Å². The zero-order valence-corrected chi connectivity index (χ0v) is 14.5. The molecule has 1 N–H and O–H groups in total. The summed E-state index contributed by atoms with van der Waals surface area (Å²) in [5, 5.41) is 3.28. The van der Waals surface area contributed by atoms with Gasteiger partial charge in [0.15, 0.2) is 0 Å². The first-order valence-corrected chi connectivity index (χ1v) is 7.86. The fourth-order valence-electron chi connectivity index (χ4n) is 1.51. The Kier molecular flexibility index (Phi) is 5.03. The number of halogens is 4. The van der Waals surface area contributed by atoms with Crippen molar-refractivity contribution in [2.75, 3.05) is 5.32 Å². The highest BCUT2D eigenvalue weighted by molar-refractivity contribution is 14.1. The molecule has 0 atom stereocenters. The molecule has 0 spiro atoms. The molecular formula is C13H9Br2FIN. The van der Waals surface area contributed by atoms with Crippen LogP contribution in [-0.4, -0.2) is 0 Å². The molecule has 5 heteroatoms. The summed E-state index contributed by atoms with van der Waals surface area (Å²) in [5.41, 5.74) is 1.88. The molecule has 94 valence electrons. The number of rotatable bonds is 3. The van der Waals surface area contributed by atoms with Crippen LogP contribution in [0, 0.1) is 9.39 Å².